The number of rotatable bonds is 1. The van der Waals surface area contributed by atoms with Crippen LogP contribution in [0.4, 0.5) is 0 Å². The van der Waals surface area contributed by atoms with E-state index < -0.39 is 0 Å². The Kier molecular flexibility index (Phi) is 3.14. The monoisotopic (exact) mass is 154 g/mol. The largest absolute Gasteiger partial charge is 0.466 e. The average Bonchev–Trinajstić information content (AvgIpc) is 2.30. The van der Waals surface area contributed by atoms with Gasteiger partial charge in [0.15, 0.2) is 0 Å². The first-order valence-corrected chi connectivity index (χ1v) is 4.12. The van der Waals surface area contributed by atoms with E-state index in [0.29, 0.717) is 0 Å². The highest BCUT2D eigenvalue weighted by atomic mass is 16.5. The molecule has 0 fully saturated rings. The summed E-state index contributed by atoms with van der Waals surface area (Å²) in [5.41, 5.74) is 0.866. The molecule has 1 rings (SSSR count). The molecule has 0 aromatic carbocycles. The Morgan fingerprint density at radius 3 is 3.00 bits per heavy atom. The number of ether oxygens (including phenoxy) is 1. The first kappa shape index (κ1) is 8.31. The maximum absolute atomic E-state index is 11.0. The van der Waals surface area contributed by atoms with Crippen LogP contribution in [0.25, 0.3) is 0 Å². The van der Waals surface area contributed by atoms with Gasteiger partial charge in [0, 0.05) is 5.57 Å². The van der Waals surface area contributed by atoms with Gasteiger partial charge in [-0.15, -0.1) is 0 Å². The van der Waals surface area contributed by atoms with Crippen LogP contribution in [0.15, 0.2) is 11.6 Å². The topological polar surface area (TPSA) is 26.3 Å². The Labute approximate surface area is 67.2 Å². The third kappa shape index (κ3) is 2.37. The molecule has 0 saturated carbocycles. The third-order valence-corrected chi connectivity index (χ3v) is 1.99. The number of methoxy groups -OCH3 is 1. The van der Waals surface area contributed by atoms with E-state index in [1.165, 1.54) is 20.0 Å². The summed E-state index contributed by atoms with van der Waals surface area (Å²) in [7, 11) is 1.44. The van der Waals surface area contributed by atoms with E-state index in [1.807, 2.05) is 6.08 Å². The summed E-state index contributed by atoms with van der Waals surface area (Å²) in [6, 6.07) is 0. The van der Waals surface area contributed by atoms with Crippen molar-refractivity contribution in [2.75, 3.05) is 7.11 Å². The highest BCUT2D eigenvalue weighted by molar-refractivity contribution is 5.88. The fourth-order valence-corrected chi connectivity index (χ4v) is 1.33. The molecule has 2 nitrogen and oxygen atoms in total. The second kappa shape index (κ2) is 4.16. The molecule has 0 aliphatic heterocycles. The van der Waals surface area contributed by atoms with E-state index in [9.17, 15) is 4.79 Å². The van der Waals surface area contributed by atoms with Crippen LogP contribution in [0.3, 0.4) is 0 Å². The van der Waals surface area contributed by atoms with Gasteiger partial charge in [-0.3, -0.25) is 0 Å². The standard InChI is InChI=1S/C9H14O2/c1-11-9(10)8-6-4-2-3-5-7-8/h6H,2-5,7H2,1H3. The molecule has 11 heavy (non-hydrogen) atoms. The highest BCUT2D eigenvalue weighted by Gasteiger charge is 2.10. The van der Waals surface area contributed by atoms with Crippen LogP contribution in [0.2, 0.25) is 0 Å². The van der Waals surface area contributed by atoms with Crippen molar-refractivity contribution in [3.05, 3.63) is 11.6 Å². The second-order valence-corrected chi connectivity index (χ2v) is 2.82. The molecule has 0 saturated heterocycles. The number of esters is 1. The van der Waals surface area contributed by atoms with Crippen molar-refractivity contribution in [2.45, 2.75) is 32.1 Å². The van der Waals surface area contributed by atoms with Crippen molar-refractivity contribution in [3.63, 3.8) is 0 Å². The van der Waals surface area contributed by atoms with Gasteiger partial charge < -0.3 is 4.74 Å². The molecule has 62 valence electrons. The molecule has 0 unspecified atom stereocenters. The minimum Gasteiger partial charge on any atom is -0.466 e. The van der Waals surface area contributed by atoms with Crippen molar-refractivity contribution in [1.29, 1.82) is 0 Å². The van der Waals surface area contributed by atoms with Gasteiger partial charge >= 0.3 is 5.97 Å². The maximum Gasteiger partial charge on any atom is 0.333 e. The molecule has 1 aliphatic rings. The minimum atomic E-state index is -0.146. The Morgan fingerprint density at radius 2 is 2.27 bits per heavy atom. The van der Waals surface area contributed by atoms with E-state index in [2.05, 4.69) is 4.74 Å². The van der Waals surface area contributed by atoms with Gasteiger partial charge in [-0.05, 0) is 25.7 Å². The zero-order chi connectivity index (χ0) is 8.10. The van der Waals surface area contributed by atoms with Crippen LogP contribution < -0.4 is 0 Å². The van der Waals surface area contributed by atoms with Gasteiger partial charge in [0.25, 0.3) is 0 Å². The Bertz CT molecular complexity index is 170. The number of hydrogen-bond donors (Lipinski definition) is 0. The number of carbonyl (C=O) groups excluding carboxylic acids is 1. The van der Waals surface area contributed by atoms with Gasteiger partial charge in [-0.1, -0.05) is 12.5 Å². The van der Waals surface area contributed by atoms with E-state index in [-0.39, 0.29) is 5.97 Å². The third-order valence-electron chi connectivity index (χ3n) is 1.99. The lowest BCUT2D eigenvalue weighted by Gasteiger charge is -2.00. The quantitative estimate of drug-likeness (QED) is 0.540. The molecule has 0 aromatic heterocycles. The smallest absolute Gasteiger partial charge is 0.333 e. The molecule has 0 bridgehead atoms. The first-order chi connectivity index (χ1) is 5.34. The normalized spacial score (nSPS) is 18.5. The van der Waals surface area contributed by atoms with Gasteiger partial charge in [0.1, 0.15) is 0 Å². The summed E-state index contributed by atoms with van der Waals surface area (Å²) < 4.78 is 4.64. The molecule has 0 heterocycles. The summed E-state index contributed by atoms with van der Waals surface area (Å²) in [6.45, 7) is 0. The van der Waals surface area contributed by atoms with Gasteiger partial charge in [0.05, 0.1) is 7.11 Å². The van der Waals surface area contributed by atoms with E-state index in [4.69, 9.17) is 0 Å². The van der Waals surface area contributed by atoms with E-state index in [1.54, 1.807) is 0 Å². The van der Waals surface area contributed by atoms with Crippen molar-refractivity contribution < 1.29 is 9.53 Å². The van der Waals surface area contributed by atoms with Crippen LogP contribution >= 0.6 is 0 Å². The lowest BCUT2D eigenvalue weighted by atomic mass is 10.1. The molecular weight excluding hydrogens is 140 g/mol. The Morgan fingerprint density at radius 1 is 1.45 bits per heavy atom. The van der Waals surface area contributed by atoms with Crippen LogP contribution in [-0.4, -0.2) is 13.1 Å². The number of hydrogen-bond acceptors (Lipinski definition) is 2. The SMILES string of the molecule is COC(=O)C1=CCCCCC1. The van der Waals surface area contributed by atoms with Crippen LogP contribution in [0.5, 0.6) is 0 Å². The van der Waals surface area contributed by atoms with E-state index >= 15 is 0 Å². The molecule has 0 amide bonds. The summed E-state index contributed by atoms with van der Waals surface area (Å²) in [4.78, 5) is 11.0. The Hall–Kier alpha value is -0.790. The zero-order valence-corrected chi connectivity index (χ0v) is 6.93. The zero-order valence-electron chi connectivity index (χ0n) is 6.93. The van der Waals surface area contributed by atoms with Crippen molar-refractivity contribution in [2.24, 2.45) is 0 Å². The molecule has 0 aromatic rings. The lowest BCUT2D eigenvalue weighted by molar-refractivity contribution is -0.136. The molecule has 0 spiro atoms. The lowest BCUT2D eigenvalue weighted by Crippen LogP contribution is -2.03. The van der Waals surface area contributed by atoms with Crippen LogP contribution in [0, 0.1) is 0 Å². The molecule has 0 radical (unpaired) electrons. The number of allylic oxidation sites excluding steroid dienone is 1. The summed E-state index contributed by atoms with van der Waals surface area (Å²) in [6.07, 6.45) is 7.51. The van der Waals surface area contributed by atoms with Gasteiger partial charge in [-0.25, -0.2) is 4.79 Å². The second-order valence-electron chi connectivity index (χ2n) is 2.82. The van der Waals surface area contributed by atoms with Crippen LogP contribution in [-0.2, 0) is 9.53 Å². The minimum absolute atomic E-state index is 0.146. The number of carbonyl (C=O) groups is 1. The molecular formula is C9H14O2. The summed E-state index contributed by atoms with van der Waals surface area (Å²) in [5, 5.41) is 0. The predicted molar refractivity (Wildman–Crippen MR) is 43.2 cm³/mol. The highest BCUT2D eigenvalue weighted by Crippen LogP contribution is 2.17. The predicted octanol–water partition coefficient (Wildman–Crippen LogP) is 2.05. The van der Waals surface area contributed by atoms with Gasteiger partial charge in [-0.2, -0.15) is 0 Å². The maximum atomic E-state index is 11.0. The fraction of sp³-hybridized carbons (Fsp3) is 0.667. The van der Waals surface area contributed by atoms with Crippen molar-refractivity contribution >= 4 is 5.97 Å². The molecule has 1 aliphatic carbocycles. The molecule has 0 N–H and O–H groups in total. The molecule has 2 heteroatoms. The van der Waals surface area contributed by atoms with E-state index in [0.717, 1.165) is 24.8 Å². The van der Waals surface area contributed by atoms with Crippen LogP contribution in [0.1, 0.15) is 32.1 Å². The fourth-order valence-electron chi connectivity index (χ4n) is 1.33. The average molecular weight is 154 g/mol. The first-order valence-electron chi connectivity index (χ1n) is 4.12. The Balaban J connectivity index is 2.53. The summed E-state index contributed by atoms with van der Waals surface area (Å²) in [5.74, 6) is -0.146. The van der Waals surface area contributed by atoms with Gasteiger partial charge in [0.2, 0.25) is 0 Å². The van der Waals surface area contributed by atoms with Crippen molar-refractivity contribution in [3.8, 4) is 0 Å². The molecule has 0 atom stereocenters. The van der Waals surface area contributed by atoms with Crippen molar-refractivity contribution in [1.82, 2.24) is 0 Å². The summed E-state index contributed by atoms with van der Waals surface area (Å²) >= 11 is 0.